The van der Waals surface area contributed by atoms with Crippen LogP contribution in [0.4, 0.5) is 20.2 Å². The molecule has 0 saturated heterocycles. The number of hydrogen-bond donors (Lipinski definition) is 2. The monoisotopic (exact) mass is 320 g/mol. The lowest BCUT2D eigenvalue weighted by atomic mass is 10.1. The van der Waals surface area contributed by atoms with E-state index < -0.39 is 17.6 Å². The fourth-order valence-electron chi connectivity index (χ4n) is 2.11. The van der Waals surface area contributed by atoms with Crippen LogP contribution in [0.25, 0.3) is 10.2 Å². The van der Waals surface area contributed by atoms with Crippen LogP contribution in [-0.2, 0) is 0 Å². The summed E-state index contributed by atoms with van der Waals surface area (Å²) in [7, 11) is 0. The third-order valence-electron chi connectivity index (χ3n) is 3.18. The first-order chi connectivity index (χ1) is 10.5. The molecule has 0 saturated carbocycles. The van der Waals surface area contributed by atoms with Gasteiger partial charge >= 0.3 is 5.97 Å². The van der Waals surface area contributed by atoms with Crippen LogP contribution in [0.5, 0.6) is 0 Å². The second kappa shape index (κ2) is 5.34. The number of rotatable bonds is 3. The Balaban J connectivity index is 2.18. The van der Waals surface area contributed by atoms with Gasteiger partial charge in [0.15, 0.2) is 5.82 Å². The highest BCUT2D eigenvalue weighted by molar-refractivity contribution is 7.16. The van der Waals surface area contributed by atoms with Crippen molar-refractivity contribution in [1.29, 1.82) is 0 Å². The van der Waals surface area contributed by atoms with Crippen molar-refractivity contribution in [2.75, 3.05) is 5.32 Å². The minimum atomic E-state index is -1.30. The average molecular weight is 320 g/mol. The molecule has 0 amide bonds. The lowest BCUT2D eigenvalue weighted by Crippen LogP contribution is -2.06. The minimum absolute atomic E-state index is 0.00146. The van der Waals surface area contributed by atoms with Gasteiger partial charge in [0.1, 0.15) is 11.3 Å². The van der Waals surface area contributed by atoms with Gasteiger partial charge in [0.2, 0.25) is 0 Å². The number of carbonyl (C=O) groups is 1. The predicted octanol–water partition coefficient (Wildman–Crippen LogP) is 4.32. The summed E-state index contributed by atoms with van der Waals surface area (Å²) in [5.41, 5.74) is 1.63. The molecular weight excluding hydrogens is 310 g/mol. The zero-order valence-electron chi connectivity index (χ0n) is 11.4. The van der Waals surface area contributed by atoms with Crippen LogP contribution < -0.4 is 5.32 Å². The van der Waals surface area contributed by atoms with Crippen LogP contribution in [-0.4, -0.2) is 16.1 Å². The molecule has 0 radical (unpaired) electrons. The van der Waals surface area contributed by atoms with Crippen LogP contribution in [0.1, 0.15) is 15.9 Å². The number of benzene rings is 2. The van der Waals surface area contributed by atoms with Crippen LogP contribution in [0.15, 0.2) is 29.8 Å². The first-order valence-corrected chi connectivity index (χ1v) is 7.17. The van der Waals surface area contributed by atoms with E-state index in [-0.39, 0.29) is 22.5 Å². The Morgan fingerprint density at radius 3 is 2.77 bits per heavy atom. The highest BCUT2D eigenvalue weighted by Gasteiger charge is 2.20. The zero-order valence-corrected chi connectivity index (χ0v) is 12.2. The summed E-state index contributed by atoms with van der Waals surface area (Å²) >= 11 is 1.14. The molecule has 1 aromatic heterocycles. The second-order valence-corrected chi connectivity index (χ2v) is 5.61. The smallest absolute Gasteiger partial charge is 0.337 e. The number of fused-ring (bicyclic) bond motifs is 1. The molecule has 0 spiro atoms. The van der Waals surface area contributed by atoms with E-state index in [0.29, 0.717) is 10.3 Å². The molecule has 22 heavy (non-hydrogen) atoms. The lowest BCUT2D eigenvalue weighted by Gasteiger charge is -2.12. The summed E-state index contributed by atoms with van der Waals surface area (Å²) < 4.78 is 28.8. The van der Waals surface area contributed by atoms with Gasteiger partial charge in [-0.2, -0.15) is 0 Å². The Kier molecular flexibility index (Phi) is 3.50. The van der Waals surface area contributed by atoms with E-state index >= 15 is 0 Å². The first-order valence-electron chi connectivity index (χ1n) is 6.29. The number of thiazole rings is 1. The fraction of sp³-hybridized carbons (Fsp3) is 0.0667. The molecule has 0 bridgehead atoms. The number of hydrogen-bond acceptors (Lipinski definition) is 4. The summed E-state index contributed by atoms with van der Waals surface area (Å²) in [6.45, 7) is 1.72. The van der Waals surface area contributed by atoms with E-state index in [1.165, 1.54) is 23.7 Å². The largest absolute Gasteiger partial charge is 0.478 e. The van der Waals surface area contributed by atoms with Gasteiger partial charge in [-0.25, -0.2) is 18.6 Å². The summed E-state index contributed by atoms with van der Waals surface area (Å²) in [6.07, 6.45) is 0. The summed E-state index contributed by atoms with van der Waals surface area (Å²) in [5.74, 6) is -2.70. The van der Waals surface area contributed by atoms with Crippen LogP contribution in [0.3, 0.4) is 0 Å². The van der Waals surface area contributed by atoms with E-state index in [0.717, 1.165) is 11.3 Å². The van der Waals surface area contributed by atoms with Crippen molar-refractivity contribution in [3.8, 4) is 0 Å². The molecule has 1 heterocycles. The SMILES string of the molecule is Cc1ccc(Nc2c(C(=O)O)cc3scnc3c2F)c(F)c1. The van der Waals surface area contributed by atoms with Crippen molar-refractivity contribution < 1.29 is 18.7 Å². The Morgan fingerprint density at radius 2 is 2.09 bits per heavy atom. The average Bonchev–Trinajstić information content (AvgIpc) is 2.92. The van der Waals surface area contributed by atoms with Crippen molar-refractivity contribution in [2.45, 2.75) is 6.92 Å². The van der Waals surface area contributed by atoms with Gasteiger partial charge in [0.25, 0.3) is 0 Å². The molecule has 2 aromatic carbocycles. The molecular formula is C15H10F2N2O2S. The molecule has 7 heteroatoms. The molecule has 0 aliphatic heterocycles. The van der Waals surface area contributed by atoms with Crippen molar-refractivity contribution >= 4 is 38.9 Å². The summed E-state index contributed by atoms with van der Waals surface area (Å²) in [4.78, 5) is 15.2. The zero-order chi connectivity index (χ0) is 15.9. The van der Waals surface area contributed by atoms with E-state index in [9.17, 15) is 18.7 Å². The number of nitrogens with one attached hydrogen (secondary N) is 1. The number of aryl methyl sites for hydroxylation is 1. The van der Waals surface area contributed by atoms with Crippen molar-refractivity contribution in [3.05, 3.63) is 52.5 Å². The van der Waals surface area contributed by atoms with Gasteiger partial charge in [-0.1, -0.05) is 6.07 Å². The molecule has 4 nitrogen and oxygen atoms in total. The maximum atomic E-state index is 14.5. The van der Waals surface area contributed by atoms with Gasteiger partial charge < -0.3 is 10.4 Å². The van der Waals surface area contributed by atoms with Gasteiger partial charge in [0, 0.05) is 0 Å². The molecule has 3 rings (SSSR count). The third kappa shape index (κ3) is 2.39. The fourth-order valence-corrected chi connectivity index (χ4v) is 2.82. The maximum absolute atomic E-state index is 14.5. The summed E-state index contributed by atoms with van der Waals surface area (Å²) in [6, 6.07) is 5.68. The first kappa shape index (κ1) is 14.4. The molecule has 0 atom stereocenters. The molecule has 0 aliphatic rings. The van der Waals surface area contributed by atoms with E-state index in [2.05, 4.69) is 10.3 Å². The summed E-state index contributed by atoms with van der Waals surface area (Å²) in [5, 5.41) is 11.8. The Bertz CT molecular complexity index is 893. The predicted molar refractivity (Wildman–Crippen MR) is 81.0 cm³/mol. The molecule has 0 aliphatic carbocycles. The third-order valence-corrected chi connectivity index (χ3v) is 3.96. The van der Waals surface area contributed by atoms with Crippen molar-refractivity contribution in [1.82, 2.24) is 4.98 Å². The molecule has 3 aromatic rings. The molecule has 0 fully saturated rings. The van der Waals surface area contributed by atoms with Gasteiger partial charge in [-0.05, 0) is 30.7 Å². The van der Waals surface area contributed by atoms with Gasteiger partial charge in [0.05, 0.1) is 27.1 Å². The van der Waals surface area contributed by atoms with E-state index in [1.807, 2.05) is 0 Å². The maximum Gasteiger partial charge on any atom is 0.337 e. The topological polar surface area (TPSA) is 62.2 Å². The van der Waals surface area contributed by atoms with Crippen molar-refractivity contribution in [3.63, 3.8) is 0 Å². The molecule has 0 unspecified atom stereocenters. The lowest BCUT2D eigenvalue weighted by molar-refractivity contribution is 0.0697. The highest BCUT2D eigenvalue weighted by Crippen LogP contribution is 2.33. The number of carboxylic acid groups (broad SMARTS) is 1. The number of anilines is 2. The number of carboxylic acids is 1. The highest BCUT2D eigenvalue weighted by atomic mass is 32.1. The number of aromatic carboxylic acids is 1. The van der Waals surface area contributed by atoms with E-state index in [1.54, 1.807) is 13.0 Å². The quantitative estimate of drug-likeness (QED) is 0.754. The molecule has 2 N–H and O–H groups in total. The van der Waals surface area contributed by atoms with Crippen LogP contribution >= 0.6 is 11.3 Å². The van der Waals surface area contributed by atoms with Gasteiger partial charge in [-0.3, -0.25) is 0 Å². The minimum Gasteiger partial charge on any atom is -0.478 e. The number of halogens is 2. The van der Waals surface area contributed by atoms with Crippen LogP contribution in [0.2, 0.25) is 0 Å². The normalized spacial score (nSPS) is 10.9. The number of nitrogens with zero attached hydrogens (tertiary/aromatic N) is 1. The second-order valence-electron chi connectivity index (χ2n) is 4.73. The van der Waals surface area contributed by atoms with E-state index in [4.69, 9.17) is 0 Å². The Morgan fingerprint density at radius 1 is 1.32 bits per heavy atom. The van der Waals surface area contributed by atoms with Crippen molar-refractivity contribution in [2.24, 2.45) is 0 Å². The Hall–Kier alpha value is -2.54. The number of aromatic nitrogens is 1. The standard InChI is InChI=1S/C15H10F2N2O2S/c1-7-2-3-10(9(16)4-7)19-13-8(15(20)21)5-11-14(12(13)17)18-6-22-11/h2-6,19H,1H3,(H,20,21). The van der Waals surface area contributed by atoms with Gasteiger partial charge in [-0.15, -0.1) is 11.3 Å². The molecule has 112 valence electrons. The Labute approximate surface area is 128 Å². The van der Waals surface area contributed by atoms with Crippen LogP contribution in [0, 0.1) is 18.6 Å².